The van der Waals surface area contributed by atoms with Gasteiger partial charge < -0.3 is 10.2 Å². The van der Waals surface area contributed by atoms with Gasteiger partial charge in [0.1, 0.15) is 5.60 Å². The van der Waals surface area contributed by atoms with Gasteiger partial charge in [0.2, 0.25) is 0 Å². The van der Waals surface area contributed by atoms with Gasteiger partial charge in [-0.2, -0.15) is 0 Å². The SMILES string of the molecule is CCC[C@@](O)(/C=C/C=C/C(C)=O)CO. The summed E-state index contributed by atoms with van der Waals surface area (Å²) >= 11 is 0. The monoisotopic (exact) mass is 198 g/mol. The molecule has 0 radical (unpaired) electrons. The van der Waals surface area contributed by atoms with Crippen LogP contribution < -0.4 is 0 Å². The van der Waals surface area contributed by atoms with Crippen molar-refractivity contribution in [3.8, 4) is 0 Å². The summed E-state index contributed by atoms with van der Waals surface area (Å²) < 4.78 is 0. The van der Waals surface area contributed by atoms with Gasteiger partial charge in [-0.25, -0.2) is 0 Å². The summed E-state index contributed by atoms with van der Waals surface area (Å²) in [6, 6.07) is 0. The molecule has 0 aliphatic carbocycles. The van der Waals surface area contributed by atoms with Crippen LogP contribution >= 0.6 is 0 Å². The zero-order chi connectivity index (χ0) is 11.0. The highest BCUT2D eigenvalue weighted by Crippen LogP contribution is 2.13. The number of hydrogen-bond acceptors (Lipinski definition) is 3. The first-order valence-electron chi connectivity index (χ1n) is 4.74. The molecule has 0 fully saturated rings. The fourth-order valence-electron chi connectivity index (χ4n) is 1.07. The zero-order valence-electron chi connectivity index (χ0n) is 8.73. The van der Waals surface area contributed by atoms with Crippen LogP contribution in [0.3, 0.4) is 0 Å². The number of ketones is 1. The van der Waals surface area contributed by atoms with Crippen LogP contribution in [0.1, 0.15) is 26.7 Å². The van der Waals surface area contributed by atoms with Crippen LogP contribution in [-0.2, 0) is 4.79 Å². The minimum Gasteiger partial charge on any atom is -0.393 e. The average molecular weight is 198 g/mol. The molecule has 0 aromatic carbocycles. The molecule has 0 aromatic rings. The molecule has 3 nitrogen and oxygen atoms in total. The largest absolute Gasteiger partial charge is 0.393 e. The number of aliphatic hydroxyl groups excluding tert-OH is 1. The van der Waals surface area contributed by atoms with Gasteiger partial charge in [0.15, 0.2) is 5.78 Å². The van der Waals surface area contributed by atoms with Gasteiger partial charge in [-0.1, -0.05) is 31.6 Å². The molecule has 0 bridgehead atoms. The van der Waals surface area contributed by atoms with Crippen LogP contribution in [0.15, 0.2) is 24.3 Å². The highest BCUT2D eigenvalue weighted by atomic mass is 16.3. The quantitative estimate of drug-likeness (QED) is 0.498. The summed E-state index contributed by atoms with van der Waals surface area (Å²) in [4.78, 5) is 10.5. The maximum atomic E-state index is 10.5. The van der Waals surface area contributed by atoms with E-state index in [-0.39, 0.29) is 12.4 Å². The summed E-state index contributed by atoms with van der Waals surface area (Å²) in [6.45, 7) is 3.08. The molecule has 0 saturated carbocycles. The number of carbonyl (C=O) groups excluding carboxylic acids is 1. The van der Waals surface area contributed by atoms with E-state index in [0.29, 0.717) is 6.42 Å². The standard InChI is InChI=1S/C11H18O3/c1-3-7-11(14,9-12)8-5-4-6-10(2)13/h4-6,8,12,14H,3,7,9H2,1-2H3/b6-4+,8-5+/t11-/m1/s1. The molecule has 0 amide bonds. The second kappa shape index (κ2) is 6.51. The smallest absolute Gasteiger partial charge is 0.152 e. The lowest BCUT2D eigenvalue weighted by Crippen LogP contribution is -2.30. The fraction of sp³-hybridized carbons (Fsp3) is 0.545. The van der Waals surface area contributed by atoms with E-state index in [4.69, 9.17) is 5.11 Å². The Morgan fingerprint density at radius 3 is 2.50 bits per heavy atom. The number of aliphatic hydroxyl groups is 2. The minimum atomic E-state index is -1.16. The van der Waals surface area contributed by atoms with Gasteiger partial charge in [-0.15, -0.1) is 0 Å². The Bertz CT molecular complexity index is 231. The van der Waals surface area contributed by atoms with Crippen LogP contribution in [0.5, 0.6) is 0 Å². The second-order valence-corrected chi connectivity index (χ2v) is 3.34. The third-order valence-corrected chi connectivity index (χ3v) is 1.81. The zero-order valence-corrected chi connectivity index (χ0v) is 8.73. The third-order valence-electron chi connectivity index (χ3n) is 1.81. The van der Waals surface area contributed by atoms with Crippen molar-refractivity contribution in [2.75, 3.05) is 6.61 Å². The Kier molecular flexibility index (Phi) is 6.08. The molecular weight excluding hydrogens is 180 g/mol. The van der Waals surface area contributed by atoms with E-state index in [1.165, 1.54) is 19.1 Å². The summed E-state index contributed by atoms with van der Waals surface area (Å²) in [5, 5.41) is 18.7. The summed E-state index contributed by atoms with van der Waals surface area (Å²) in [6.07, 6.45) is 7.34. The van der Waals surface area contributed by atoms with Crippen LogP contribution in [0.4, 0.5) is 0 Å². The van der Waals surface area contributed by atoms with E-state index in [2.05, 4.69) is 0 Å². The van der Waals surface area contributed by atoms with E-state index in [1.807, 2.05) is 6.92 Å². The highest BCUT2D eigenvalue weighted by Gasteiger charge is 2.19. The van der Waals surface area contributed by atoms with Crippen molar-refractivity contribution in [3.63, 3.8) is 0 Å². The molecule has 0 unspecified atom stereocenters. The minimum absolute atomic E-state index is 0.0438. The molecule has 80 valence electrons. The van der Waals surface area contributed by atoms with Crippen molar-refractivity contribution in [1.29, 1.82) is 0 Å². The van der Waals surface area contributed by atoms with Gasteiger partial charge in [0, 0.05) is 0 Å². The Morgan fingerprint density at radius 1 is 1.43 bits per heavy atom. The average Bonchev–Trinajstić information content (AvgIpc) is 2.13. The van der Waals surface area contributed by atoms with Crippen molar-refractivity contribution >= 4 is 5.78 Å². The lowest BCUT2D eigenvalue weighted by Gasteiger charge is -2.20. The normalized spacial score (nSPS) is 16.3. The van der Waals surface area contributed by atoms with Crippen molar-refractivity contribution in [2.45, 2.75) is 32.3 Å². The molecule has 14 heavy (non-hydrogen) atoms. The molecule has 0 aliphatic heterocycles. The molecule has 0 aromatic heterocycles. The Morgan fingerprint density at radius 2 is 2.07 bits per heavy atom. The van der Waals surface area contributed by atoms with Crippen molar-refractivity contribution in [2.24, 2.45) is 0 Å². The Hall–Kier alpha value is -0.930. The van der Waals surface area contributed by atoms with Gasteiger partial charge >= 0.3 is 0 Å². The van der Waals surface area contributed by atoms with E-state index in [0.717, 1.165) is 6.42 Å². The molecule has 3 heteroatoms. The van der Waals surface area contributed by atoms with Crippen LogP contribution in [-0.4, -0.2) is 28.2 Å². The molecule has 0 spiro atoms. The number of rotatable bonds is 6. The lowest BCUT2D eigenvalue weighted by atomic mass is 9.98. The maximum absolute atomic E-state index is 10.5. The van der Waals surface area contributed by atoms with Gasteiger partial charge in [-0.05, 0) is 19.4 Å². The van der Waals surface area contributed by atoms with Gasteiger partial charge in [0.25, 0.3) is 0 Å². The molecule has 0 aliphatic rings. The van der Waals surface area contributed by atoms with E-state index < -0.39 is 5.60 Å². The van der Waals surface area contributed by atoms with Crippen molar-refractivity contribution < 1.29 is 15.0 Å². The van der Waals surface area contributed by atoms with Gasteiger partial charge in [-0.3, -0.25) is 4.79 Å². The van der Waals surface area contributed by atoms with Crippen LogP contribution in [0.25, 0.3) is 0 Å². The number of allylic oxidation sites excluding steroid dienone is 3. The third kappa shape index (κ3) is 5.67. The number of carbonyl (C=O) groups is 1. The summed E-state index contributed by atoms with van der Waals surface area (Å²) in [5.41, 5.74) is -1.16. The second-order valence-electron chi connectivity index (χ2n) is 3.34. The van der Waals surface area contributed by atoms with Gasteiger partial charge in [0.05, 0.1) is 6.61 Å². The molecule has 1 atom stereocenters. The molecule has 0 heterocycles. The van der Waals surface area contributed by atoms with E-state index >= 15 is 0 Å². The molecule has 0 saturated heterocycles. The van der Waals surface area contributed by atoms with Crippen LogP contribution in [0.2, 0.25) is 0 Å². The Labute approximate surface area is 84.8 Å². The molecule has 2 N–H and O–H groups in total. The predicted octanol–water partition coefficient (Wildman–Crippen LogP) is 1.21. The highest BCUT2D eigenvalue weighted by molar-refractivity contribution is 5.87. The van der Waals surface area contributed by atoms with E-state index in [9.17, 15) is 9.90 Å². The molecular formula is C11H18O3. The van der Waals surface area contributed by atoms with Crippen molar-refractivity contribution in [1.82, 2.24) is 0 Å². The summed E-state index contributed by atoms with van der Waals surface area (Å²) in [7, 11) is 0. The Balaban J connectivity index is 4.23. The molecule has 0 rings (SSSR count). The predicted molar refractivity (Wildman–Crippen MR) is 55.9 cm³/mol. The van der Waals surface area contributed by atoms with E-state index in [1.54, 1.807) is 12.2 Å². The number of hydrogen-bond donors (Lipinski definition) is 2. The summed E-state index contributed by atoms with van der Waals surface area (Å²) in [5.74, 6) is -0.0438. The first-order valence-corrected chi connectivity index (χ1v) is 4.74. The maximum Gasteiger partial charge on any atom is 0.152 e. The fourth-order valence-corrected chi connectivity index (χ4v) is 1.07. The topological polar surface area (TPSA) is 57.5 Å². The van der Waals surface area contributed by atoms with Crippen molar-refractivity contribution in [3.05, 3.63) is 24.3 Å². The first kappa shape index (κ1) is 13.1. The lowest BCUT2D eigenvalue weighted by molar-refractivity contribution is -0.112. The van der Waals surface area contributed by atoms with Crippen LogP contribution in [0, 0.1) is 0 Å². The first-order chi connectivity index (χ1) is 6.54.